The van der Waals surface area contributed by atoms with Crippen molar-refractivity contribution in [3.8, 4) is 0 Å². The number of carbonyl (C=O) groups is 1. The third kappa shape index (κ3) is 2.06. The minimum absolute atomic E-state index is 0.00262. The molecule has 1 atom stereocenters. The van der Waals surface area contributed by atoms with Crippen LogP contribution in [-0.4, -0.2) is 40.6 Å². The third-order valence-corrected chi connectivity index (χ3v) is 4.09. The maximum absolute atomic E-state index is 12.5. The number of aryl methyl sites for hydroxylation is 1. The Morgan fingerprint density at radius 1 is 1.60 bits per heavy atom. The Labute approximate surface area is 116 Å². The van der Waals surface area contributed by atoms with Crippen LogP contribution in [-0.2, 0) is 0 Å². The van der Waals surface area contributed by atoms with Gasteiger partial charge in [0.25, 0.3) is 11.6 Å². The standard InChI is InChI=1S/C14H18N4O2/c1-9-11-5-10(6-16-12(11)20-17-9)13(19)18-4-3-14(2,7-15)8-18/h5-6H,3-4,7-8,15H2,1-2H3. The van der Waals surface area contributed by atoms with Crippen molar-refractivity contribution in [3.05, 3.63) is 23.5 Å². The molecule has 1 unspecified atom stereocenters. The molecule has 6 nitrogen and oxygen atoms in total. The molecule has 1 fully saturated rings. The number of hydrogen-bond acceptors (Lipinski definition) is 5. The zero-order valence-electron chi connectivity index (χ0n) is 11.7. The van der Waals surface area contributed by atoms with Gasteiger partial charge in [-0.3, -0.25) is 4.79 Å². The second-order valence-electron chi connectivity index (χ2n) is 5.84. The summed E-state index contributed by atoms with van der Waals surface area (Å²) in [7, 11) is 0. The lowest BCUT2D eigenvalue weighted by molar-refractivity contribution is 0.0776. The molecule has 1 aliphatic rings. The van der Waals surface area contributed by atoms with Crippen molar-refractivity contribution in [1.82, 2.24) is 15.0 Å². The van der Waals surface area contributed by atoms with E-state index in [4.69, 9.17) is 10.3 Å². The second-order valence-corrected chi connectivity index (χ2v) is 5.84. The molecular weight excluding hydrogens is 256 g/mol. The van der Waals surface area contributed by atoms with Crippen molar-refractivity contribution in [3.63, 3.8) is 0 Å². The van der Waals surface area contributed by atoms with Gasteiger partial charge >= 0.3 is 0 Å². The molecule has 0 bridgehead atoms. The van der Waals surface area contributed by atoms with Crippen LogP contribution in [0.2, 0.25) is 0 Å². The van der Waals surface area contributed by atoms with Crippen LogP contribution in [0, 0.1) is 12.3 Å². The maximum atomic E-state index is 12.5. The number of hydrogen-bond donors (Lipinski definition) is 1. The quantitative estimate of drug-likeness (QED) is 0.893. The van der Waals surface area contributed by atoms with Crippen LogP contribution in [0.3, 0.4) is 0 Å². The van der Waals surface area contributed by atoms with Gasteiger partial charge in [0.05, 0.1) is 16.6 Å². The normalized spacial score (nSPS) is 22.6. The van der Waals surface area contributed by atoms with Crippen molar-refractivity contribution in [2.24, 2.45) is 11.1 Å². The van der Waals surface area contributed by atoms with E-state index in [2.05, 4.69) is 17.1 Å². The molecule has 0 radical (unpaired) electrons. The van der Waals surface area contributed by atoms with Gasteiger partial charge in [0.2, 0.25) is 0 Å². The lowest BCUT2D eigenvalue weighted by Crippen LogP contribution is -2.34. The number of carbonyl (C=O) groups excluding carboxylic acids is 1. The molecule has 0 aromatic carbocycles. The fraction of sp³-hybridized carbons (Fsp3) is 0.500. The SMILES string of the molecule is Cc1noc2ncc(C(=O)N3CCC(C)(CN)C3)cc12. The van der Waals surface area contributed by atoms with Gasteiger partial charge in [0.15, 0.2) is 0 Å². The van der Waals surface area contributed by atoms with Crippen LogP contribution in [0.4, 0.5) is 0 Å². The van der Waals surface area contributed by atoms with Crippen LogP contribution >= 0.6 is 0 Å². The Hall–Kier alpha value is -1.95. The molecule has 2 N–H and O–H groups in total. The average molecular weight is 274 g/mol. The van der Waals surface area contributed by atoms with Gasteiger partial charge < -0.3 is 15.2 Å². The molecule has 20 heavy (non-hydrogen) atoms. The zero-order valence-corrected chi connectivity index (χ0v) is 11.7. The lowest BCUT2D eigenvalue weighted by atomic mass is 9.90. The summed E-state index contributed by atoms with van der Waals surface area (Å²) < 4.78 is 5.06. The summed E-state index contributed by atoms with van der Waals surface area (Å²) in [4.78, 5) is 18.5. The second kappa shape index (κ2) is 4.56. The van der Waals surface area contributed by atoms with Crippen LogP contribution in [0.5, 0.6) is 0 Å². The molecule has 3 heterocycles. The Kier molecular flexibility index (Phi) is 2.97. The summed E-state index contributed by atoms with van der Waals surface area (Å²) in [5, 5.41) is 4.64. The molecule has 2 aromatic heterocycles. The van der Waals surface area contributed by atoms with Gasteiger partial charge in [-0.15, -0.1) is 0 Å². The van der Waals surface area contributed by atoms with E-state index in [9.17, 15) is 4.79 Å². The molecule has 2 aromatic rings. The predicted octanol–water partition coefficient (Wildman–Crippen LogP) is 1.34. The number of nitrogens with two attached hydrogens (primary N) is 1. The monoisotopic (exact) mass is 274 g/mol. The highest BCUT2D eigenvalue weighted by Gasteiger charge is 2.35. The highest BCUT2D eigenvalue weighted by Crippen LogP contribution is 2.29. The molecule has 0 aliphatic carbocycles. The minimum atomic E-state index is -0.00262. The number of nitrogens with zero attached hydrogens (tertiary/aromatic N) is 3. The van der Waals surface area contributed by atoms with Crippen LogP contribution in [0.25, 0.3) is 11.1 Å². The fourth-order valence-corrected chi connectivity index (χ4v) is 2.61. The molecule has 1 aliphatic heterocycles. The van der Waals surface area contributed by atoms with Crippen molar-refractivity contribution >= 4 is 17.0 Å². The molecule has 6 heteroatoms. The van der Waals surface area contributed by atoms with Crippen molar-refractivity contribution in [2.45, 2.75) is 20.3 Å². The first kappa shape index (κ1) is 13.1. The van der Waals surface area contributed by atoms with Gasteiger partial charge in [-0.2, -0.15) is 0 Å². The summed E-state index contributed by atoms with van der Waals surface area (Å²) >= 11 is 0. The number of rotatable bonds is 2. The van der Waals surface area contributed by atoms with E-state index in [0.717, 1.165) is 24.0 Å². The number of aromatic nitrogens is 2. The summed E-state index contributed by atoms with van der Waals surface area (Å²) in [6, 6.07) is 1.80. The summed E-state index contributed by atoms with van der Waals surface area (Å²) in [6.45, 7) is 5.99. The number of fused-ring (bicyclic) bond motifs is 1. The lowest BCUT2D eigenvalue weighted by Gasteiger charge is -2.22. The largest absolute Gasteiger partial charge is 0.338 e. The molecular formula is C14H18N4O2. The highest BCUT2D eigenvalue weighted by atomic mass is 16.5. The predicted molar refractivity (Wildman–Crippen MR) is 74.2 cm³/mol. The van der Waals surface area contributed by atoms with Gasteiger partial charge in [0, 0.05) is 19.3 Å². The van der Waals surface area contributed by atoms with E-state index in [1.54, 1.807) is 12.3 Å². The van der Waals surface area contributed by atoms with Crippen LogP contribution < -0.4 is 5.73 Å². The highest BCUT2D eigenvalue weighted by molar-refractivity contribution is 5.97. The first-order valence-corrected chi connectivity index (χ1v) is 6.74. The number of amides is 1. The van der Waals surface area contributed by atoms with Gasteiger partial charge in [0.1, 0.15) is 0 Å². The fourth-order valence-electron chi connectivity index (χ4n) is 2.61. The molecule has 1 saturated heterocycles. The Morgan fingerprint density at radius 2 is 2.40 bits per heavy atom. The van der Waals surface area contributed by atoms with E-state index >= 15 is 0 Å². The van der Waals surface area contributed by atoms with E-state index in [1.165, 1.54) is 0 Å². The molecule has 0 spiro atoms. The first-order chi connectivity index (χ1) is 9.52. The number of pyridine rings is 1. The van der Waals surface area contributed by atoms with Crippen molar-refractivity contribution in [1.29, 1.82) is 0 Å². The maximum Gasteiger partial charge on any atom is 0.257 e. The topological polar surface area (TPSA) is 85.2 Å². The number of likely N-dealkylation sites (tertiary alicyclic amines) is 1. The summed E-state index contributed by atoms with van der Waals surface area (Å²) in [5.41, 5.74) is 7.59. The first-order valence-electron chi connectivity index (χ1n) is 6.74. The Morgan fingerprint density at radius 3 is 3.10 bits per heavy atom. The molecule has 3 rings (SSSR count). The summed E-state index contributed by atoms with van der Waals surface area (Å²) in [5.74, 6) is -0.00262. The zero-order chi connectivity index (χ0) is 14.3. The molecule has 106 valence electrons. The van der Waals surface area contributed by atoms with E-state index in [1.807, 2.05) is 11.8 Å². The molecule has 0 saturated carbocycles. The van der Waals surface area contributed by atoms with E-state index < -0.39 is 0 Å². The average Bonchev–Trinajstić information content (AvgIpc) is 3.03. The Balaban J connectivity index is 1.87. The minimum Gasteiger partial charge on any atom is -0.338 e. The third-order valence-electron chi connectivity index (χ3n) is 4.09. The smallest absolute Gasteiger partial charge is 0.257 e. The molecule has 1 amide bonds. The van der Waals surface area contributed by atoms with Gasteiger partial charge in [-0.25, -0.2) is 4.98 Å². The Bertz CT molecular complexity index is 666. The van der Waals surface area contributed by atoms with Crippen LogP contribution in [0.1, 0.15) is 29.4 Å². The van der Waals surface area contributed by atoms with Gasteiger partial charge in [-0.1, -0.05) is 12.1 Å². The van der Waals surface area contributed by atoms with Crippen molar-refractivity contribution in [2.75, 3.05) is 19.6 Å². The van der Waals surface area contributed by atoms with E-state index in [0.29, 0.717) is 24.4 Å². The summed E-state index contributed by atoms with van der Waals surface area (Å²) in [6.07, 6.45) is 2.49. The van der Waals surface area contributed by atoms with Crippen molar-refractivity contribution < 1.29 is 9.32 Å². The van der Waals surface area contributed by atoms with E-state index in [-0.39, 0.29) is 11.3 Å². The van der Waals surface area contributed by atoms with Crippen LogP contribution in [0.15, 0.2) is 16.8 Å². The van der Waals surface area contributed by atoms with Gasteiger partial charge in [-0.05, 0) is 31.4 Å².